The van der Waals surface area contributed by atoms with E-state index in [0.29, 0.717) is 12.3 Å². The number of piperazine rings is 1. The summed E-state index contributed by atoms with van der Waals surface area (Å²) < 4.78 is 0. The highest BCUT2D eigenvalue weighted by molar-refractivity contribution is 7.99. The van der Waals surface area contributed by atoms with Crippen LogP contribution in [0.25, 0.3) is 0 Å². The molecule has 0 aliphatic carbocycles. The molecule has 100 valence electrons. The Morgan fingerprint density at radius 3 is 2.94 bits per heavy atom. The Bertz CT molecular complexity index is 351. The minimum atomic E-state index is -0.367. The molecule has 2 amide bonds. The van der Waals surface area contributed by atoms with Crippen LogP contribution in [0.15, 0.2) is 0 Å². The monoisotopic (exact) mass is 268 g/mol. The maximum atomic E-state index is 12.2. The van der Waals surface area contributed by atoms with Gasteiger partial charge in [0.05, 0.1) is 12.3 Å². The van der Waals surface area contributed by atoms with Gasteiger partial charge in [0.15, 0.2) is 0 Å². The number of terminal acetylenes is 1. The lowest BCUT2D eigenvalue weighted by Gasteiger charge is -2.35. The highest BCUT2D eigenvalue weighted by atomic mass is 32.2. The summed E-state index contributed by atoms with van der Waals surface area (Å²) in [7, 11) is 0. The van der Waals surface area contributed by atoms with E-state index in [0.717, 1.165) is 12.2 Å². The van der Waals surface area contributed by atoms with Crippen molar-refractivity contribution in [3.05, 3.63) is 0 Å². The molecule has 0 bridgehead atoms. The van der Waals surface area contributed by atoms with Crippen LogP contribution >= 0.6 is 11.8 Å². The number of hydrogen-bond donors (Lipinski definition) is 1. The first-order valence-electron chi connectivity index (χ1n) is 6.19. The summed E-state index contributed by atoms with van der Waals surface area (Å²) in [5.41, 5.74) is 0. The molecule has 1 fully saturated rings. The van der Waals surface area contributed by atoms with Crippen molar-refractivity contribution in [1.29, 1.82) is 0 Å². The highest BCUT2D eigenvalue weighted by Gasteiger charge is 2.34. The van der Waals surface area contributed by atoms with Crippen molar-refractivity contribution >= 4 is 23.6 Å². The number of carbonyl (C=O) groups is 2. The second-order valence-corrected chi connectivity index (χ2v) is 5.55. The molecule has 1 aliphatic rings. The van der Waals surface area contributed by atoms with E-state index in [1.54, 1.807) is 16.7 Å². The van der Waals surface area contributed by atoms with E-state index >= 15 is 0 Å². The van der Waals surface area contributed by atoms with Crippen molar-refractivity contribution in [2.24, 2.45) is 5.92 Å². The standard InChI is InChI=1S/C13H20N2O2S/c1-4-7-18-8-6-15-9-11(16)14-12(13(15)17)10(3)5-2/h1,10,12H,5-9H2,2-3H3,(H,14,16). The summed E-state index contributed by atoms with van der Waals surface area (Å²) in [6, 6.07) is -0.367. The number of hydrogen-bond acceptors (Lipinski definition) is 3. The molecule has 0 radical (unpaired) electrons. The van der Waals surface area contributed by atoms with Gasteiger partial charge in [-0.1, -0.05) is 26.2 Å². The molecule has 0 spiro atoms. The Labute approximate surface area is 113 Å². The van der Waals surface area contributed by atoms with Gasteiger partial charge < -0.3 is 10.2 Å². The Balaban J connectivity index is 2.54. The van der Waals surface area contributed by atoms with Crippen molar-refractivity contribution in [2.75, 3.05) is 24.6 Å². The topological polar surface area (TPSA) is 49.4 Å². The fraction of sp³-hybridized carbons (Fsp3) is 0.692. The van der Waals surface area contributed by atoms with Gasteiger partial charge in [0, 0.05) is 12.3 Å². The summed E-state index contributed by atoms with van der Waals surface area (Å²) in [5, 5.41) is 2.78. The van der Waals surface area contributed by atoms with Crippen molar-refractivity contribution in [3.8, 4) is 12.3 Å². The molecule has 18 heavy (non-hydrogen) atoms. The van der Waals surface area contributed by atoms with E-state index in [4.69, 9.17) is 6.42 Å². The maximum Gasteiger partial charge on any atom is 0.245 e. The van der Waals surface area contributed by atoms with Crippen LogP contribution in [0.3, 0.4) is 0 Å². The number of nitrogens with zero attached hydrogens (tertiary/aromatic N) is 1. The summed E-state index contributed by atoms with van der Waals surface area (Å²) in [6.07, 6.45) is 6.03. The molecular formula is C13H20N2O2S. The number of amides is 2. The van der Waals surface area contributed by atoms with E-state index in [9.17, 15) is 9.59 Å². The lowest BCUT2D eigenvalue weighted by molar-refractivity contribution is -0.145. The van der Waals surface area contributed by atoms with Crippen LogP contribution in [0.1, 0.15) is 20.3 Å². The van der Waals surface area contributed by atoms with Gasteiger partial charge in [0.2, 0.25) is 11.8 Å². The number of thioether (sulfide) groups is 1. The molecule has 1 aliphatic heterocycles. The van der Waals surface area contributed by atoms with Gasteiger partial charge >= 0.3 is 0 Å². The minimum absolute atomic E-state index is 0.0326. The van der Waals surface area contributed by atoms with Gasteiger partial charge in [-0.05, 0) is 5.92 Å². The molecule has 1 N–H and O–H groups in total. The van der Waals surface area contributed by atoms with E-state index < -0.39 is 0 Å². The summed E-state index contributed by atoms with van der Waals surface area (Å²) in [5.74, 6) is 4.09. The smallest absolute Gasteiger partial charge is 0.245 e. The molecule has 1 saturated heterocycles. The van der Waals surface area contributed by atoms with Crippen LogP contribution in [0.5, 0.6) is 0 Å². The predicted octanol–water partition coefficient (Wildman–Crippen LogP) is 0.726. The Morgan fingerprint density at radius 2 is 2.33 bits per heavy atom. The Morgan fingerprint density at radius 1 is 1.61 bits per heavy atom. The van der Waals surface area contributed by atoms with Gasteiger partial charge in [-0.3, -0.25) is 9.59 Å². The van der Waals surface area contributed by atoms with Crippen molar-refractivity contribution in [1.82, 2.24) is 10.2 Å². The molecule has 1 heterocycles. The van der Waals surface area contributed by atoms with Gasteiger partial charge in [0.1, 0.15) is 6.04 Å². The predicted molar refractivity (Wildman–Crippen MR) is 74.1 cm³/mol. The number of carbonyl (C=O) groups excluding carboxylic acids is 2. The second-order valence-electron chi connectivity index (χ2n) is 4.45. The molecule has 5 heteroatoms. The van der Waals surface area contributed by atoms with Crippen LogP contribution in [-0.4, -0.2) is 47.4 Å². The minimum Gasteiger partial charge on any atom is -0.342 e. The zero-order chi connectivity index (χ0) is 13.5. The van der Waals surface area contributed by atoms with Crippen LogP contribution in [-0.2, 0) is 9.59 Å². The molecule has 0 aromatic rings. The van der Waals surface area contributed by atoms with Gasteiger partial charge in [0.25, 0.3) is 0 Å². The molecule has 4 nitrogen and oxygen atoms in total. The molecule has 2 atom stereocenters. The SMILES string of the molecule is C#CCSCCN1CC(=O)NC(C(C)CC)C1=O. The molecular weight excluding hydrogens is 248 g/mol. The first-order chi connectivity index (χ1) is 8.60. The largest absolute Gasteiger partial charge is 0.342 e. The van der Waals surface area contributed by atoms with Crippen LogP contribution in [0.4, 0.5) is 0 Å². The Kier molecular flexibility index (Phi) is 6.06. The quantitative estimate of drug-likeness (QED) is 0.570. The van der Waals surface area contributed by atoms with Gasteiger partial charge in [-0.25, -0.2) is 0 Å². The lowest BCUT2D eigenvalue weighted by atomic mass is 9.96. The summed E-state index contributed by atoms with van der Waals surface area (Å²) >= 11 is 1.60. The summed E-state index contributed by atoms with van der Waals surface area (Å²) in [6.45, 7) is 4.76. The van der Waals surface area contributed by atoms with Crippen LogP contribution in [0.2, 0.25) is 0 Å². The normalized spacial score (nSPS) is 21.4. The van der Waals surface area contributed by atoms with Gasteiger partial charge in [-0.15, -0.1) is 18.2 Å². The number of nitrogens with one attached hydrogen (secondary N) is 1. The fourth-order valence-electron chi connectivity index (χ4n) is 1.85. The third kappa shape index (κ3) is 3.95. The first kappa shape index (κ1) is 14.9. The molecule has 2 unspecified atom stereocenters. The van der Waals surface area contributed by atoms with Crippen molar-refractivity contribution in [3.63, 3.8) is 0 Å². The number of rotatable bonds is 6. The van der Waals surface area contributed by atoms with E-state index in [2.05, 4.69) is 11.2 Å². The van der Waals surface area contributed by atoms with Crippen molar-refractivity contribution < 1.29 is 9.59 Å². The van der Waals surface area contributed by atoms with Gasteiger partial charge in [-0.2, -0.15) is 0 Å². The second kappa shape index (κ2) is 7.32. The maximum absolute atomic E-state index is 12.2. The molecule has 1 rings (SSSR count). The summed E-state index contributed by atoms with van der Waals surface area (Å²) in [4.78, 5) is 25.4. The first-order valence-corrected chi connectivity index (χ1v) is 7.35. The Hall–Kier alpha value is -1.15. The molecule has 0 aromatic heterocycles. The fourth-order valence-corrected chi connectivity index (χ4v) is 2.46. The zero-order valence-corrected chi connectivity index (χ0v) is 11.8. The highest BCUT2D eigenvalue weighted by Crippen LogP contribution is 2.14. The third-order valence-corrected chi connectivity index (χ3v) is 3.97. The van der Waals surface area contributed by atoms with E-state index in [-0.39, 0.29) is 30.3 Å². The van der Waals surface area contributed by atoms with Crippen LogP contribution < -0.4 is 5.32 Å². The van der Waals surface area contributed by atoms with E-state index in [1.165, 1.54) is 0 Å². The lowest BCUT2D eigenvalue weighted by Crippen LogP contribution is -2.60. The average molecular weight is 268 g/mol. The third-order valence-electron chi connectivity index (χ3n) is 3.13. The molecule has 0 aromatic carbocycles. The zero-order valence-electron chi connectivity index (χ0n) is 10.9. The van der Waals surface area contributed by atoms with Crippen LogP contribution in [0, 0.1) is 18.3 Å². The molecule has 0 saturated carbocycles. The van der Waals surface area contributed by atoms with E-state index in [1.807, 2.05) is 13.8 Å². The average Bonchev–Trinajstić information content (AvgIpc) is 2.37. The van der Waals surface area contributed by atoms with Crippen molar-refractivity contribution in [2.45, 2.75) is 26.3 Å².